The molecule has 0 radical (unpaired) electrons. The van der Waals surface area contributed by atoms with E-state index in [4.69, 9.17) is 4.74 Å². The molecular formula is C12H23NO2S. The van der Waals surface area contributed by atoms with E-state index in [1.54, 1.807) is 0 Å². The number of thioether (sulfide) groups is 1. The van der Waals surface area contributed by atoms with Crippen molar-refractivity contribution in [2.24, 2.45) is 0 Å². The van der Waals surface area contributed by atoms with Gasteiger partial charge in [-0.25, -0.2) is 0 Å². The van der Waals surface area contributed by atoms with Gasteiger partial charge in [-0.1, -0.05) is 13.8 Å². The van der Waals surface area contributed by atoms with Crippen molar-refractivity contribution in [1.29, 1.82) is 0 Å². The predicted octanol–water partition coefficient (Wildman–Crippen LogP) is 2.20. The molecule has 3 nitrogen and oxygen atoms in total. The van der Waals surface area contributed by atoms with E-state index in [0.717, 1.165) is 12.2 Å². The van der Waals surface area contributed by atoms with Crippen LogP contribution in [-0.2, 0) is 9.53 Å². The lowest BCUT2D eigenvalue weighted by Gasteiger charge is -2.16. The quantitative estimate of drug-likeness (QED) is 0.665. The first kappa shape index (κ1) is 13.8. The van der Waals surface area contributed by atoms with Crippen LogP contribution in [0.25, 0.3) is 0 Å². The van der Waals surface area contributed by atoms with Gasteiger partial charge in [-0.15, -0.1) is 0 Å². The maximum atomic E-state index is 11.5. The summed E-state index contributed by atoms with van der Waals surface area (Å²) >= 11 is 1.93. The first-order chi connectivity index (χ1) is 7.67. The minimum absolute atomic E-state index is 0.103. The number of hydrogen-bond acceptors (Lipinski definition) is 4. The van der Waals surface area contributed by atoms with Crippen LogP contribution < -0.4 is 5.32 Å². The molecule has 0 aromatic heterocycles. The summed E-state index contributed by atoms with van der Waals surface area (Å²) in [6.45, 7) is 4.42. The molecule has 1 rings (SSSR count). The van der Waals surface area contributed by atoms with Gasteiger partial charge in [-0.2, -0.15) is 11.8 Å². The SMILES string of the molecule is CCC(C)SCCC(NC1CC1)C(=O)OC. The van der Waals surface area contributed by atoms with E-state index in [-0.39, 0.29) is 12.0 Å². The minimum atomic E-state index is -0.114. The fraction of sp³-hybridized carbons (Fsp3) is 0.917. The summed E-state index contributed by atoms with van der Waals surface area (Å²) in [6, 6.07) is 0.451. The summed E-state index contributed by atoms with van der Waals surface area (Å²) in [5, 5.41) is 4.03. The average molecular weight is 245 g/mol. The molecule has 1 aliphatic rings. The topological polar surface area (TPSA) is 38.3 Å². The van der Waals surface area contributed by atoms with Gasteiger partial charge < -0.3 is 10.1 Å². The van der Waals surface area contributed by atoms with Gasteiger partial charge >= 0.3 is 5.97 Å². The molecule has 0 bridgehead atoms. The number of methoxy groups -OCH3 is 1. The smallest absolute Gasteiger partial charge is 0.322 e. The molecule has 0 amide bonds. The maximum absolute atomic E-state index is 11.5. The third-order valence-electron chi connectivity index (χ3n) is 2.88. The van der Waals surface area contributed by atoms with E-state index in [1.165, 1.54) is 26.4 Å². The Morgan fingerprint density at radius 1 is 1.56 bits per heavy atom. The fourth-order valence-electron chi connectivity index (χ4n) is 1.45. The number of carbonyl (C=O) groups excluding carboxylic acids is 1. The second kappa shape index (κ2) is 7.17. The van der Waals surface area contributed by atoms with Gasteiger partial charge in [0.15, 0.2) is 0 Å². The Bertz CT molecular complexity index is 219. The number of ether oxygens (including phenoxy) is 1. The molecule has 0 aromatic rings. The van der Waals surface area contributed by atoms with Gasteiger partial charge in [0.05, 0.1) is 7.11 Å². The van der Waals surface area contributed by atoms with Crippen LogP contribution in [0.5, 0.6) is 0 Å². The monoisotopic (exact) mass is 245 g/mol. The molecule has 94 valence electrons. The Hall–Kier alpha value is -0.220. The highest BCUT2D eigenvalue weighted by molar-refractivity contribution is 7.99. The summed E-state index contributed by atoms with van der Waals surface area (Å²) in [6.07, 6.45) is 4.46. The summed E-state index contributed by atoms with van der Waals surface area (Å²) in [7, 11) is 1.46. The van der Waals surface area contributed by atoms with Crippen LogP contribution in [0.1, 0.15) is 39.5 Å². The maximum Gasteiger partial charge on any atom is 0.322 e. The van der Waals surface area contributed by atoms with E-state index in [1.807, 2.05) is 11.8 Å². The summed E-state index contributed by atoms with van der Waals surface area (Å²) < 4.78 is 4.81. The van der Waals surface area contributed by atoms with Crippen LogP contribution in [0.2, 0.25) is 0 Å². The first-order valence-corrected chi connectivity index (χ1v) is 7.17. The first-order valence-electron chi connectivity index (χ1n) is 6.12. The Labute approximate surface area is 103 Å². The lowest BCUT2D eigenvalue weighted by molar-refractivity contribution is -0.143. The highest BCUT2D eigenvalue weighted by Crippen LogP contribution is 2.21. The number of hydrogen-bond donors (Lipinski definition) is 1. The van der Waals surface area contributed by atoms with Gasteiger partial charge in [0.25, 0.3) is 0 Å². The average Bonchev–Trinajstić information content (AvgIpc) is 3.10. The molecule has 16 heavy (non-hydrogen) atoms. The van der Waals surface area contributed by atoms with Crippen molar-refractivity contribution in [2.75, 3.05) is 12.9 Å². The third-order valence-corrected chi connectivity index (χ3v) is 4.26. The van der Waals surface area contributed by atoms with Crippen molar-refractivity contribution in [3.05, 3.63) is 0 Å². The van der Waals surface area contributed by atoms with Crippen LogP contribution in [0, 0.1) is 0 Å². The number of esters is 1. The van der Waals surface area contributed by atoms with Crippen LogP contribution >= 0.6 is 11.8 Å². The number of nitrogens with one attached hydrogen (secondary N) is 1. The molecule has 1 N–H and O–H groups in total. The van der Waals surface area contributed by atoms with Crippen molar-refractivity contribution in [3.8, 4) is 0 Å². The zero-order valence-corrected chi connectivity index (χ0v) is 11.3. The molecule has 4 heteroatoms. The summed E-state index contributed by atoms with van der Waals surface area (Å²) in [5.41, 5.74) is 0. The van der Waals surface area contributed by atoms with Crippen molar-refractivity contribution in [2.45, 2.75) is 56.9 Å². The third kappa shape index (κ3) is 5.21. The molecular weight excluding hydrogens is 222 g/mol. The predicted molar refractivity (Wildman–Crippen MR) is 68.8 cm³/mol. The van der Waals surface area contributed by atoms with Crippen molar-refractivity contribution >= 4 is 17.7 Å². The van der Waals surface area contributed by atoms with Crippen LogP contribution in [0.3, 0.4) is 0 Å². The lowest BCUT2D eigenvalue weighted by Crippen LogP contribution is -2.39. The number of rotatable bonds is 8. The van der Waals surface area contributed by atoms with Crippen molar-refractivity contribution < 1.29 is 9.53 Å². The molecule has 0 aliphatic heterocycles. The molecule has 1 saturated carbocycles. The van der Waals surface area contributed by atoms with Crippen LogP contribution in [0.4, 0.5) is 0 Å². The zero-order chi connectivity index (χ0) is 12.0. The molecule has 0 aromatic carbocycles. The van der Waals surface area contributed by atoms with Gasteiger partial charge in [0.1, 0.15) is 6.04 Å². The summed E-state index contributed by atoms with van der Waals surface area (Å²) in [4.78, 5) is 11.5. The lowest BCUT2D eigenvalue weighted by atomic mass is 10.2. The second-order valence-electron chi connectivity index (χ2n) is 4.40. The Balaban J connectivity index is 2.23. The standard InChI is InChI=1S/C12H23NO2S/c1-4-9(2)16-8-7-11(12(14)15-3)13-10-5-6-10/h9-11,13H,4-8H2,1-3H3. The van der Waals surface area contributed by atoms with Crippen LogP contribution in [-0.4, -0.2) is 36.2 Å². The van der Waals surface area contributed by atoms with E-state index < -0.39 is 0 Å². The van der Waals surface area contributed by atoms with Gasteiger partial charge in [-0.05, 0) is 31.4 Å². The van der Waals surface area contributed by atoms with Gasteiger partial charge in [0.2, 0.25) is 0 Å². The van der Waals surface area contributed by atoms with Crippen molar-refractivity contribution in [1.82, 2.24) is 5.32 Å². The molecule has 1 fully saturated rings. The Morgan fingerprint density at radius 2 is 2.25 bits per heavy atom. The summed E-state index contributed by atoms with van der Waals surface area (Å²) in [5.74, 6) is 0.908. The molecule has 0 heterocycles. The molecule has 1 aliphatic carbocycles. The van der Waals surface area contributed by atoms with Crippen molar-refractivity contribution in [3.63, 3.8) is 0 Å². The highest BCUT2D eigenvalue weighted by atomic mass is 32.2. The molecule has 0 saturated heterocycles. The zero-order valence-electron chi connectivity index (χ0n) is 10.5. The van der Waals surface area contributed by atoms with Gasteiger partial charge in [-0.3, -0.25) is 4.79 Å². The van der Waals surface area contributed by atoms with Gasteiger partial charge in [0, 0.05) is 11.3 Å². The van der Waals surface area contributed by atoms with Crippen LogP contribution in [0.15, 0.2) is 0 Å². The molecule has 2 unspecified atom stereocenters. The molecule has 2 atom stereocenters. The highest BCUT2D eigenvalue weighted by Gasteiger charge is 2.28. The normalized spacial score (nSPS) is 19.2. The second-order valence-corrected chi connectivity index (χ2v) is 5.94. The minimum Gasteiger partial charge on any atom is -0.468 e. The van der Waals surface area contributed by atoms with E-state index in [9.17, 15) is 4.79 Å². The van der Waals surface area contributed by atoms with E-state index >= 15 is 0 Å². The largest absolute Gasteiger partial charge is 0.468 e. The van der Waals surface area contributed by atoms with E-state index in [2.05, 4.69) is 19.2 Å². The Kier molecular flexibility index (Phi) is 6.21. The number of carbonyl (C=O) groups is 1. The van der Waals surface area contributed by atoms with E-state index in [0.29, 0.717) is 11.3 Å². The Morgan fingerprint density at radius 3 is 2.75 bits per heavy atom. The fourth-order valence-corrected chi connectivity index (χ4v) is 2.46. The molecule has 0 spiro atoms.